The summed E-state index contributed by atoms with van der Waals surface area (Å²) in [5.74, 6) is -1.85. The van der Waals surface area contributed by atoms with E-state index in [1.54, 1.807) is 0 Å². The van der Waals surface area contributed by atoms with Gasteiger partial charge in [-0.15, -0.1) is 0 Å². The Labute approximate surface area is 120 Å². The summed E-state index contributed by atoms with van der Waals surface area (Å²) in [4.78, 5) is 12.9. The maximum absolute atomic E-state index is 12.0. The van der Waals surface area contributed by atoms with Gasteiger partial charge < -0.3 is 9.47 Å². The maximum atomic E-state index is 12.0. The molecule has 1 aliphatic heterocycles. The van der Waals surface area contributed by atoms with Crippen molar-refractivity contribution >= 4 is 5.97 Å². The maximum Gasteiger partial charge on any atom is 0.491 e. The zero-order valence-electron chi connectivity index (χ0n) is 11.5. The van der Waals surface area contributed by atoms with Crippen LogP contribution in [-0.2, 0) is 4.79 Å². The lowest BCUT2D eigenvalue weighted by Gasteiger charge is -2.38. The highest BCUT2D eigenvalue weighted by Gasteiger charge is 2.41. The summed E-state index contributed by atoms with van der Waals surface area (Å²) in [6.07, 6.45) is -3.81. The summed E-state index contributed by atoms with van der Waals surface area (Å²) in [7, 11) is 0. The molecule has 1 aromatic rings. The fourth-order valence-corrected chi connectivity index (χ4v) is 2.04. The number of likely N-dealkylation sites (tertiary alicyclic amines) is 1. The summed E-state index contributed by atoms with van der Waals surface area (Å²) in [6, 6.07) is 5.53. The molecule has 1 fully saturated rings. The van der Waals surface area contributed by atoms with Gasteiger partial charge in [-0.2, -0.15) is 13.2 Å². The Bertz CT molecular complexity index is 481. The molecule has 0 spiro atoms. The van der Waals surface area contributed by atoms with E-state index >= 15 is 0 Å². The van der Waals surface area contributed by atoms with Crippen LogP contribution in [0.3, 0.4) is 0 Å². The summed E-state index contributed by atoms with van der Waals surface area (Å²) in [6.45, 7) is 4.83. The predicted octanol–water partition coefficient (Wildman–Crippen LogP) is 2.63. The summed E-state index contributed by atoms with van der Waals surface area (Å²) in [5, 5.41) is 0. The van der Waals surface area contributed by atoms with Crippen molar-refractivity contribution in [2.75, 3.05) is 19.6 Å². The zero-order valence-corrected chi connectivity index (χ0v) is 11.5. The molecule has 1 aliphatic rings. The van der Waals surface area contributed by atoms with Crippen LogP contribution in [0.5, 0.6) is 11.5 Å². The Morgan fingerprint density at radius 3 is 2.33 bits per heavy atom. The molecule has 0 aromatic heterocycles. The van der Waals surface area contributed by atoms with Crippen LogP contribution in [0.1, 0.15) is 13.3 Å². The first kappa shape index (κ1) is 15.6. The molecule has 0 amide bonds. The first-order valence-electron chi connectivity index (χ1n) is 6.66. The number of nitrogens with zero attached hydrogens (tertiary/aromatic N) is 1. The van der Waals surface area contributed by atoms with Crippen molar-refractivity contribution in [2.45, 2.75) is 25.6 Å². The first-order chi connectivity index (χ1) is 9.88. The number of rotatable bonds is 5. The molecular formula is C14H16F3NO3. The second kappa shape index (κ2) is 6.34. The van der Waals surface area contributed by atoms with E-state index in [-0.39, 0.29) is 11.9 Å². The van der Waals surface area contributed by atoms with E-state index in [1.807, 2.05) is 0 Å². The van der Waals surface area contributed by atoms with Gasteiger partial charge >= 0.3 is 12.1 Å². The largest absolute Gasteiger partial charge is 0.491 e. The number of alkyl halides is 3. The van der Waals surface area contributed by atoms with E-state index in [4.69, 9.17) is 4.74 Å². The molecule has 1 saturated heterocycles. The van der Waals surface area contributed by atoms with Crippen LogP contribution in [0.25, 0.3) is 0 Å². The molecule has 0 radical (unpaired) electrons. The highest BCUT2D eigenvalue weighted by Crippen LogP contribution is 2.24. The van der Waals surface area contributed by atoms with Crippen molar-refractivity contribution in [3.8, 4) is 11.5 Å². The molecule has 1 heterocycles. The molecule has 1 aromatic carbocycles. The molecule has 0 N–H and O–H groups in total. The fourth-order valence-electron chi connectivity index (χ4n) is 2.04. The lowest BCUT2D eigenvalue weighted by molar-refractivity contribution is -0.189. The Morgan fingerprint density at radius 1 is 1.24 bits per heavy atom. The van der Waals surface area contributed by atoms with Gasteiger partial charge in [0.1, 0.15) is 17.6 Å². The lowest BCUT2D eigenvalue weighted by Crippen LogP contribution is -2.53. The third-order valence-corrected chi connectivity index (χ3v) is 3.03. The number of hydrogen-bond donors (Lipinski definition) is 0. The Hall–Kier alpha value is -1.76. The van der Waals surface area contributed by atoms with E-state index in [0.29, 0.717) is 5.75 Å². The van der Waals surface area contributed by atoms with Gasteiger partial charge in [-0.05, 0) is 37.2 Å². The van der Waals surface area contributed by atoms with Gasteiger partial charge in [0.25, 0.3) is 0 Å². The second-order valence-electron chi connectivity index (χ2n) is 4.86. The molecule has 4 nitrogen and oxygen atoms in total. The van der Waals surface area contributed by atoms with E-state index < -0.39 is 12.1 Å². The third-order valence-electron chi connectivity index (χ3n) is 3.03. The van der Waals surface area contributed by atoms with Crippen LogP contribution in [-0.4, -0.2) is 42.8 Å². The predicted molar refractivity (Wildman–Crippen MR) is 69.3 cm³/mol. The van der Waals surface area contributed by atoms with Crippen LogP contribution < -0.4 is 9.47 Å². The van der Waals surface area contributed by atoms with Gasteiger partial charge in [0.15, 0.2) is 0 Å². The summed E-state index contributed by atoms with van der Waals surface area (Å²) in [5.41, 5.74) is 0. The highest BCUT2D eigenvalue weighted by molar-refractivity contribution is 5.78. The summed E-state index contributed by atoms with van der Waals surface area (Å²) < 4.78 is 46.0. The normalized spacial score (nSPS) is 16.4. The SMILES string of the molecule is CCCN1CC(Oc2ccc(OC(=O)C(F)(F)F)cc2)C1. The van der Waals surface area contributed by atoms with Gasteiger partial charge in [-0.25, -0.2) is 4.79 Å². The van der Waals surface area contributed by atoms with Gasteiger partial charge in [-0.3, -0.25) is 4.90 Å². The van der Waals surface area contributed by atoms with Crippen molar-refractivity contribution in [3.05, 3.63) is 24.3 Å². The number of benzene rings is 1. The van der Waals surface area contributed by atoms with Crippen LogP contribution >= 0.6 is 0 Å². The topological polar surface area (TPSA) is 38.8 Å². The Balaban J connectivity index is 1.82. The van der Waals surface area contributed by atoms with Crippen LogP contribution in [0.4, 0.5) is 13.2 Å². The molecule has 7 heteroatoms. The minimum Gasteiger partial charge on any atom is -0.488 e. The van der Waals surface area contributed by atoms with Gasteiger partial charge in [0.05, 0.1) is 0 Å². The minimum atomic E-state index is -5.00. The van der Waals surface area contributed by atoms with Crippen LogP contribution in [0, 0.1) is 0 Å². The number of esters is 1. The monoisotopic (exact) mass is 303 g/mol. The number of ether oxygens (including phenoxy) is 2. The van der Waals surface area contributed by atoms with Crippen molar-refractivity contribution < 1.29 is 27.4 Å². The van der Waals surface area contributed by atoms with Gasteiger partial charge in [0, 0.05) is 13.1 Å². The fraction of sp³-hybridized carbons (Fsp3) is 0.500. The molecule has 21 heavy (non-hydrogen) atoms. The second-order valence-corrected chi connectivity index (χ2v) is 4.86. The van der Waals surface area contributed by atoms with Crippen molar-refractivity contribution in [1.82, 2.24) is 4.90 Å². The minimum absolute atomic E-state index is 0.0973. The number of carbonyl (C=O) groups excluding carboxylic acids is 1. The average molecular weight is 303 g/mol. The molecule has 2 rings (SSSR count). The van der Waals surface area contributed by atoms with E-state index in [1.165, 1.54) is 24.3 Å². The van der Waals surface area contributed by atoms with E-state index in [0.717, 1.165) is 26.1 Å². The first-order valence-corrected chi connectivity index (χ1v) is 6.66. The smallest absolute Gasteiger partial charge is 0.488 e. The average Bonchev–Trinajstić information content (AvgIpc) is 2.37. The van der Waals surface area contributed by atoms with Crippen LogP contribution in [0.15, 0.2) is 24.3 Å². The third kappa shape index (κ3) is 4.35. The van der Waals surface area contributed by atoms with Gasteiger partial charge in [0.2, 0.25) is 0 Å². The number of halogens is 3. The molecule has 0 bridgehead atoms. The van der Waals surface area contributed by atoms with Gasteiger partial charge in [-0.1, -0.05) is 6.92 Å². The Morgan fingerprint density at radius 2 is 1.81 bits per heavy atom. The number of carbonyl (C=O) groups is 1. The molecule has 0 unspecified atom stereocenters. The number of hydrogen-bond acceptors (Lipinski definition) is 4. The van der Waals surface area contributed by atoms with Crippen molar-refractivity contribution in [2.24, 2.45) is 0 Å². The van der Waals surface area contributed by atoms with Crippen molar-refractivity contribution in [3.63, 3.8) is 0 Å². The standard InChI is InChI=1S/C14H16F3NO3/c1-2-7-18-8-12(9-18)20-10-3-5-11(6-4-10)21-13(19)14(15,16)17/h3-6,12H,2,7-9H2,1H3. The van der Waals surface area contributed by atoms with E-state index in [9.17, 15) is 18.0 Å². The highest BCUT2D eigenvalue weighted by atomic mass is 19.4. The molecule has 116 valence electrons. The molecule has 0 atom stereocenters. The lowest BCUT2D eigenvalue weighted by atomic mass is 10.1. The van der Waals surface area contributed by atoms with Crippen LogP contribution in [0.2, 0.25) is 0 Å². The quantitative estimate of drug-likeness (QED) is 0.619. The molecular weight excluding hydrogens is 287 g/mol. The molecule has 0 aliphatic carbocycles. The molecule has 0 saturated carbocycles. The zero-order chi connectivity index (χ0) is 15.5. The Kier molecular flexibility index (Phi) is 4.72. The summed E-state index contributed by atoms with van der Waals surface area (Å²) >= 11 is 0. The van der Waals surface area contributed by atoms with Crippen molar-refractivity contribution in [1.29, 1.82) is 0 Å². The van der Waals surface area contributed by atoms with E-state index in [2.05, 4.69) is 16.6 Å².